The number of carbonyl (C=O) groups excluding carboxylic acids is 1. The lowest BCUT2D eigenvalue weighted by Gasteiger charge is -2.03. The summed E-state index contributed by atoms with van der Waals surface area (Å²) in [5.74, 6) is -0.606. The molecule has 0 saturated carbocycles. The molecule has 7 nitrogen and oxygen atoms in total. The first kappa shape index (κ1) is 14.6. The maximum Gasteiger partial charge on any atom is 0.226 e. The number of carbonyl (C=O) groups is 1. The first-order valence-electron chi connectivity index (χ1n) is 6.83. The number of rotatable bonds is 5. The molecular weight excluding hydrogens is 296 g/mol. The maximum absolute atomic E-state index is 11.9. The number of aromatic nitrogens is 3. The molecule has 3 aromatic rings. The lowest BCUT2D eigenvalue weighted by Crippen LogP contribution is -2.00. The molecule has 2 heterocycles. The summed E-state index contributed by atoms with van der Waals surface area (Å²) in [5.41, 5.74) is 8.56. The van der Waals surface area contributed by atoms with Gasteiger partial charge in [0.25, 0.3) is 0 Å². The van der Waals surface area contributed by atoms with Crippen molar-refractivity contribution in [1.29, 1.82) is 0 Å². The van der Waals surface area contributed by atoms with E-state index in [0.29, 0.717) is 17.7 Å². The normalized spacial score (nSPS) is 11.6. The van der Waals surface area contributed by atoms with Gasteiger partial charge < -0.3 is 15.3 Å². The van der Waals surface area contributed by atoms with Crippen LogP contribution in [-0.2, 0) is 6.42 Å². The lowest BCUT2D eigenvalue weighted by atomic mass is 10.0. The van der Waals surface area contributed by atoms with Crippen LogP contribution in [0.15, 0.2) is 53.6 Å². The monoisotopic (exact) mass is 310 g/mol. The number of hydrogen-bond acceptors (Lipinski definition) is 6. The average Bonchev–Trinajstić information content (AvgIpc) is 3.20. The number of nitrogens with two attached hydrogens (primary N) is 1. The van der Waals surface area contributed by atoms with E-state index in [2.05, 4.69) is 15.2 Å². The second-order valence-electron chi connectivity index (χ2n) is 4.96. The molecule has 23 heavy (non-hydrogen) atoms. The van der Waals surface area contributed by atoms with Crippen molar-refractivity contribution in [3.8, 4) is 0 Å². The highest BCUT2D eigenvalue weighted by Crippen LogP contribution is 2.22. The first-order chi connectivity index (χ1) is 11.1. The standard InChI is InChI=1S/C16H14N4O3/c17-12-3-1-10(2-4-12)5-11-7-23-8-13(11)14(21)6-15(22)16-18-9-19-20-16/h1-4,6-9,21H,5,17H2,(H,18,19,20). The number of hydrogen-bond donors (Lipinski definition) is 3. The van der Waals surface area contributed by atoms with Gasteiger partial charge in [-0.1, -0.05) is 12.1 Å². The fourth-order valence-corrected chi connectivity index (χ4v) is 2.14. The molecule has 0 spiro atoms. The second kappa shape index (κ2) is 6.18. The fraction of sp³-hybridized carbons (Fsp3) is 0.0625. The minimum Gasteiger partial charge on any atom is -0.507 e. The molecule has 0 atom stereocenters. The van der Waals surface area contributed by atoms with E-state index in [9.17, 15) is 9.90 Å². The minimum absolute atomic E-state index is 0.0557. The zero-order chi connectivity index (χ0) is 16.2. The Morgan fingerprint density at radius 1 is 1.30 bits per heavy atom. The molecule has 0 bridgehead atoms. The van der Waals surface area contributed by atoms with Gasteiger partial charge in [-0.15, -0.1) is 0 Å². The van der Waals surface area contributed by atoms with Crippen LogP contribution in [0.4, 0.5) is 5.69 Å². The molecule has 0 amide bonds. The summed E-state index contributed by atoms with van der Waals surface area (Å²) >= 11 is 0. The number of benzene rings is 1. The van der Waals surface area contributed by atoms with Crippen LogP contribution in [0, 0.1) is 0 Å². The van der Waals surface area contributed by atoms with Gasteiger partial charge in [-0.05, 0) is 17.7 Å². The van der Waals surface area contributed by atoms with Gasteiger partial charge >= 0.3 is 0 Å². The number of aliphatic hydroxyl groups excluding tert-OH is 1. The van der Waals surface area contributed by atoms with Crippen molar-refractivity contribution in [2.45, 2.75) is 6.42 Å². The number of anilines is 1. The topological polar surface area (TPSA) is 118 Å². The van der Waals surface area contributed by atoms with E-state index < -0.39 is 5.78 Å². The Balaban J connectivity index is 1.82. The van der Waals surface area contributed by atoms with E-state index in [-0.39, 0.29) is 11.6 Å². The highest BCUT2D eigenvalue weighted by atomic mass is 16.3. The Labute approximate surface area is 131 Å². The molecule has 7 heteroatoms. The van der Waals surface area contributed by atoms with Gasteiger partial charge in [-0.25, -0.2) is 4.98 Å². The Bertz CT molecular complexity index is 833. The molecule has 0 aliphatic carbocycles. The smallest absolute Gasteiger partial charge is 0.226 e. The van der Waals surface area contributed by atoms with Crippen LogP contribution in [-0.4, -0.2) is 26.1 Å². The van der Waals surface area contributed by atoms with Crippen molar-refractivity contribution in [2.75, 3.05) is 5.73 Å². The van der Waals surface area contributed by atoms with Gasteiger partial charge in [0, 0.05) is 23.7 Å². The van der Waals surface area contributed by atoms with Crippen molar-refractivity contribution in [2.24, 2.45) is 0 Å². The van der Waals surface area contributed by atoms with Crippen LogP contribution < -0.4 is 5.73 Å². The number of aromatic amines is 1. The summed E-state index contributed by atoms with van der Waals surface area (Å²) in [6, 6.07) is 7.40. The van der Waals surface area contributed by atoms with Crippen molar-refractivity contribution in [3.05, 3.63) is 71.7 Å². The number of nitrogens with one attached hydrogen (secondary N) is 1. The molecule has 116 valence electrons. The van der Waals surface area contributed by atoms with Crippen LogP contribution in [0.2, 0.25) is 0 Å². The largest absolute Gasteiger partial charge is 0.507 e. The van der Waals surface area contributed by atoms with E-state index in [1.165, 1.54) is 18.9 Å². The predicted octanol–water partition coefficient (Wildman–Crippen LogP) is 2.35. The number of H-pyrrole nitrogens is 1. The van der Waals surface area contributed by atoms with E-state index >= 15 is 0 Å². The summed E-state index contributed by atoms with van der Waals surface area (Å²) in [7, 11) is 0. The quantitative estimate of drug-likeness (QED) is 0.288. The Kier molecular flexibility index (Phi) is 3.92. The highest BCUT2D eigenvalue weighted by Gasteiger charge is 2.14. The zero-order valence-corrected chi connectivity index (χ0v) is 12.1. The second-order valence-corrected chi connectivity index (χ2v) is 4.96. The van der Waals surface area contributed by atoms with Gasteiger partial charge in [-0.3, -0.25) is 9.89 Å². The van der Waals surface area contributed by atoms with Gasteiger partial charge in [0.05, 0.1) is 11.8 Å². The van der Waals surface area contributed by atoms with Crippen molar-refractivity contribution < 1.29 is 14.3 Å². The van der Waals surface area contributed by atoms with Crippen LogP contribution in [0.1, 0.15) is 27.3 Å². The summed E-state index contributed by atoms with van der Waals surface area (Å²) in [4.78, 5) is 15.6. The third-order valence-electron chi connectivity index (χ3n) is 3.31. The molecule has 0 unspecified atom stereocenters. The summed E-state index contributed by atoms with van der Waals surface area (Å²) in [5, 5.41) is 16.2. The molecule has 0 fully saturated rings. The molecule has 4 N–H and O–H groups in total. The van der Waals surface area contributed by atoms with Crippen molar-refractivity contribution in [3.63, 3.8) is 0 Å². The first-order valence-corrected chi connectivity index (χ1v) is 6.83. The number of furan rings is 1. The van der Waals surface area contributed by atoms with Gasteiger partial charge in [-0.2, -0.15) is 5.10 Å². The summed E-state index contributed by atoms with van der Waals surface area (Å²) < 4.78 is 5.16. The predicted molar refractivity (Wildman–Crippen MR) is 83.7 cm³/mol. The van der Waals surface area contributed by atoms with Crippen LogP contribution in [0.25, 0.3) is 5.76 Å². The maximum atomic E-state index is 11.9. The van der Waals surface area contributed by atoms with E-state index in [0.717, 1.165) is 17.2 Å². The molecule has 0 aliphatic heterocycles. The third-order valence-corrected chi connectivity index (χ3v) is 3.31. The number of ketones is 1. The number of aliphatic hydroxyl groups is 1. The van der Waals surface area contributed by atoms with Gasteiger partial charge in [0.2, 0.25) is 5.78 Å². The number of allylic oxidation sites excluding steroid dienone is 1. The lowest BCUT2D eigenvalue weighted by molar-refractivity contribution is 0.103. The molecular formula is C16H14N4O3. The van der Waals surface area contributed by atoms with Gasteiger partial charge in [0.1, 0.15) is 18.3 Å². The van der Waals surface area contributed by atoms with Crippen LogP contribution in [0.3, 0.4) is 0 Å². The fourth-order valence-electron chi connectivity index (χ4n) is 2.14. The number of nitrogens with zero attached hydrogens (tertiary/aromatic N) is 2. The zero-order valence-electron chi connectivity index (χ0n) is 12.1. The van der Waals surface area contributed by atoms with Crippen LogP contribution in [0.5, 0.6) is 0 Å². The number of nitrogen functional groups attached to an aromatic ring is 1. The van der Waals surface area contributed by atoms with Crippen LogP contribution >= 0.6 is 0 Å². The van der Waals surface area contributed by atoms with E-state index in [1.807, 2.05) is 12.1 Å². The summed E-state index contributed by atoms with van der Waals surface area (Å²) in [6.45, 7) is 0. The third kappa shape index (κ3) is 3.29. The Morgan fingerprint density at radius 3 is 2.78 bits per heavy atom. The SMILES string of the molecule is Nc1ccc(Cc2cocc2C(O)=CC(=O)c2ncn[nH]2)cc1. The molecule has 0 radical (unpaired) electrons. The Hall–Kier alpha value is -3.35. The van der Waals surface area contributed by atoms with Crippen molar-refractivity contribution >= 4 is 17.2 Å². The highest BCUT2D eigenvalue weighted by molar-refractivity contribution is 6.05. The molecule has 0 aliphatic rings. The Morgan fingerprint density at radius 2 is 2.09 bits per heavy atom. The summed E-state index contributed by atoms with van der Waals surface area (Å²) in [6.07, 6.45) is 5.78. The molecule has 2 aromatic heterocycles. The average molecular weight is 310 g/mol. The van der Waals surface area contributed by atoms with Crippen molar-refractivity contribution in [1.82, 2.24) is 15.2 Å². The molecule has 3 rings (SSSR count). The minimum atomic E-state index is -0.473. The van der Waals surface area contributed by atoms with E-state index in [4.69, 9.17) is 10.2 Å². The van der Waals surface area contributed by atoms with E-state index in [1.54, 1.807) is 12.1 Å². The molecule has 1 aromatic carbocycles. The van der Waals surface area contributed by atoms with Gasteiger partial charge in [0.15, 0.2) is 5.82 Å². The molecule has 0 saturated heterocycles.